The summed E-state index contributed by atoms with van der Waals surface area (Å²) in [4.78, 5) is 13.0. The molecular weight excluding hydrogens is 396 g/mol. The van der Waals surface area contributed by atoms with Gasteiger partial charge in [-0.05, 0) is 49.3 Å². The monoisotopic (exact) mass is 432 g/mol. The molecule has 6 atom stereocenters. The highest BCUT2D eigenvalue weighted by Crippen LogP contribution is 2.40. The predicted molar refractivity (Wildman–Crippen MR) is 122 cm³/mol. The molecule has 1 aliphatic carbocycles. The summed E-state index contributed by atoms with van der Waals surface area (Å²) in [5.41, 5.74) is 4.58. The van der Waals surface area contributed by atoms with Crippen LogP contribution in [0.1, 0.15) is 63.5 Å². The van der Waals surface area contributed by atoms with Gasteiger partial charge in [0.15, 0.2) is 0 Å². The highest BCUT2D eigenvalue weighted by atomic mass is 32.2. The number of methoxy groups -OCH3 is 1. The molecule has 0 spiro atoms. The first-order valence-corrected chi connectivity index (χ1v) is 12.4. The van der Waals surface area contributed by atoms with E-state index in [0.717, 1.165) is 18.1 Å². The summed E-state index contributed by atoms with van der Waals surface area (Å²) >= 11 is 1.95. The average Bonchev–Trinajstić information content (AvgIpc) is 3.28. The van der Waals surface area contributed by atoms with Gasteiger partial charge in [0.25, 0.3) is 0 Å². The first-order chi connectivity index (χ1) is 14.6. The predicted octanol–water partition coefficient (Wildman–Crippen LogP) is 3.41. The van der Waals surface area contributed by atoms with Gasteiger partial charge in [0.05, 0.1) is 13.2 Å². The van der Waals surface area contributed by atoms with Crippen LogP contribution in [-0.4, -0.2) is 47.9 Å². The Labute approximate surface area is 184 Å². The second kappa shape index (κ2) is 9.90. The van der Waals surface area contributed by atoms with Gasteiger partial charge in [-0.3, -0.25) is 10.1 Å². The van der Waals surface area contributed by atoms with Gasteiger partial charge in [-0.2, -0.15) is 0 Å². The maximum Gasteiger partial charge on any atom is 0.240 e. The van der Waals surface area contributed by atoms with Crippen molar-refractivity contribution in [2.75, 3.05) is 14.2 Å². The molecule has 3 fully saturated rings. The molecule has 4 rings (SSSR count). The summed E-state index contributed by atoms with van der Waals surface area (Å²) < 4.78 is 5.26. The number of carbonyl (C=O) groups excluding carboxylic acids is 1. The second-order valence-corrected chi connectivity index (χ2v) is 10.2. The van der Waals surface area contributed by atoms with Crippen LogP contribution in [0.25, 0.3) is 0 Å². The summed E-state index contributed by atoms with van der Waals surface area (Å²) in [6, 6.07) is 8.62. The highest BCUT2D eigenvalue weighted by Gasteiger charge is 2.42. The fraction of sp³-hybridized carbons (Fsp3) is 0.696. The van der Waals surface area contributed by atoms with Gasteiger partial charge in [-0.15, -0.1) is 11.8 Å². The van der Waals surface area contributed by atoms with Crippen LogP contribution in [0.4, 0.5) is 0 Å². The molecular formula is C23H36N4O2S. The van der Waals surface area contributed by atoms with Crippen molar-refractivity contribution in [2.24, 2.45) is 5.92 Å². The molecule has 7 heteroatoms. The number of hydrogen-bond acceptors (Lipinski definition) is 6. The van der Waals surface area contributed by atoms with E-state index in [9.17, 15) is 4.79 Å². The van der Waals surface area contributed by atoms with Crippen LogP contribution in [0.15, 0.2) is 24.3 Å². The summed E-state index contributed by atoms with van der Waals surface area (Å²) in [6.45, 7) is 2.29. The SMILES string of the molecule is CCCC1CCCCC2NC(NC(=O)C3CC(c4ccc(OC)cc4)N(C)N3)SC12. The van der Waals surface area contributed by atoms with Gasteiger partial charge in [0, 0.05) is 18.3 Å². The van der Waals surface area contributed by atoms with E-state index in [1.807, 2.05) is 30.9 Å². The van der Waals surface area contributed by atoms with E-state index >= 15 is 0 Å². The number of hydrazine groups is 1. The quantitative estimate of drug-likeness (QED) is 0.640. The van der Waals surface area contributed by atoms with Crippen LogP contribution in [0, 0.1) is 5.92 Å². The van der Waals surface area contributed by atoms with Crippen LogP contribution in [-0.2, 0) is 4.79 Å². The lowest BCUT2D eigenvalue weighted by Gasteiger charge is -2.23. The maximum absolute atomic E-state index is 13.0. The lowest BCUT2D eigenvalue weighted by molar-refractivity contribution is -0.123. The zero-order chi connectivity index (χ0) is 21.1. The molecule has 6 unspecified atom stereocenters. The van der Waals surface area contributed by atoms with Crippen molar-refractivity contribution in [3.63, 3.8) is 0 Å². The Kier molecular flexibility index (Phi) is 7.24. The Morgan fingerprint density at radius 3 is 2.77 bits per heavy atom. The largest absolute Gasteiger partial charge is 0.497 e. The van der Waals surface area contributed by atoms with E-state index in [-0.39, 0.29) is 23.5 Å². The van der Waals surface area contributed by atoms with E-state index in [1.54, 1.807) is 7.11 Å². The Morgan fingerprint density at radius 1 is 1.27 bits per heavy atom. The molecule has 3 aliphatic rings. The fourth-order valence-electron chi connectivity index (χ4n) is 5.31. The number of carbonyl (C=O) groups is 1. The minimum atomic E-state index is -0.207. The number of thioether (sulfide) groups is 1. The van der Waals surface area contributed by atoms with Crippen LogP contribution in [0.5, 0.6) is 5.75 Å². The number of fused-ring (bicyclic) bond motifs is 1. The molecule has 1 amide bonds. The Hall–Kier alpha value is -1.28. The van der Waals surface area contributed by atoms with E-state index in [2.05, 4.69) is 40.1 Å². The third-order valence-corrected chi connectivity index (χ3v) is 8.45. The molecule has 2 saturated heterocycles. The zero-order valence-corrected chi connectivity index (χ0v) is 19.2. The van der Waals surface area contributed by atoms with Gasteiger partial charge >= 0.3 is 0 Å². The van der Waals surface area contributed by atoms with Crippen molar-refractivity contribution in [3.05, 3.63) is 29.8 Å². The topological polar surface area (TPSA) is 65.6 Å². The van der Waals surface area contributed by atoms with Crippen LogP contribution < -0.4 is 20.8 Å². The second-order valence-electron chi connectivity index (χ2n) is 8.91. The van der Waals surface area contributed by atoms with Gasteiger partial charge in [0.1, 0.15) is 17.3 Å². The molecule has 1 aromatic rings. The first kappa shape index (κ1) is 21.9. The minimum Gasteiger partial charge on any atom is -0.497 e. The number of amides is 1. The Balaban J connectivity index is 1.34. The molecule has 1 saturated carbocycles. The first-order valence-electron chi connectivity index (χ1n) is 11.4. The standard InChI is InChI=1S/C23H36N4O2S/c1-4-7-16-8-5-6-9-18-21(16)30-23(24-18)25-22(28)19-14-20(27(2)26-19)15-10-12-17(29-3)13-11-15/h10-13,16,18-21,23-24,26H,4-9,14H2,1-3H3,(H,25,28). The molecule has 0 bridgehead atoms. The molecule has 3 N–H and O–H groups in total. The number of hydrogen-bond donors (Lipinski definition) is 3. The molecule has 30 heavy (non-hydrogen) atoms. The van der Waals surface area contributed by atoms with Crippen molar-refractivity contribution in [2.45, 2.75) is 80.7 Å². The van der Waals surface area contributed by atoms with Crippen LogP contribution in [0.3, 0.4) is 0 Å². The summed E-state index contributed by atoms with van der Waals surface area (Å²) in [5.74, 6) is 1.72. The normalized spacial score (nSPS) is 34.4. The molecule has 2 heterocycles. The Morgan fingerprint density at radius 2 is 2.03 bits per heavy atom. The molecule has 6 nitrogen and oxygen atoms in total. The summed E-state index contributed by atoms with van der Waals surface area (Å²) in [5, 5.41) is 9.68. The van der Waals surface area contributed by atoms with E-state index in [0.29, 0.717) is 11.3 Å². The summed E-state index contributed by atoms with van der Waals surface area (Å²) in [6.07, 6.45) is 8.52. The van der Waals surface area contributed by atoms with E-state index in [4.69, 9.17) is 4.74 Å². The lowest BCUT2D eigenvalue weighted by atomic mass is 9.93. The molecule has 1 aromatic carbocycles. The van der Waals surface area contributed by atoms with Crippen molar-refractivity contribution in [3.8, 4) is 5.75 Å². The molecule has 0 aromatic heterocycles. The van der Waals surface area contributed by atoms with Crippen LogP contribution >= 0.6 is 11.8 Å². The summed E-state index contributed by atoms with van der Waals surface area (Å²) in [7, 11) is 3.69. The number of nitrogens with zero attached hydrogens (tertiary/aromatic N) is 1. The van der Waals surface area contributed by atoms with Crippen molar-refractivity contribution in [1.82, 2.24) is 21.1 Å². The van der Waals surface area contributed by atoms with Gasteiger partial charge in [0.2, 0.25) is 5.91 Å². The number of ether oxygens (including phenoxy) is 1. The lowest BCUT2D eigenvalue weighted by Crippen LogP contribution is -2.50. The average molecular weight is 433 g/mol. The fourth-order valence-corrected chi connectivity index (χ4v) is 6.96. The van der Waals surface area contributed by atoms with E-state index < -0.39 is 0 Å². The Bertz CT molecular complexity index is 716. The smallest absolute Gasteiger partial charge is 0.240 e. The van der Waals surface area contributed by atoms with Crippen molar-refractivity contribution < 1.29 is 9.53 Å². The van der Waals surface area contributed by atoms with E-state index in [1.165, 1.54) is 44.1 Å². The van der Waals surface area contributed by atoms with Gasteiger partial charge in [-0.25, -0.2) is 10.4 Å². The minimum absolute atomic E-state index is 0.0251. The molecule has 166 valence electrons. The van der Waals surface area contributed by atoms with Crippen LogP contribution in [0.2, 0.25) is 0 Å². The molecule has 2 aliphatic heterocycles. The third kappa shape index (κ3) is 4.79. The zero-order valence-electron chi connectivity index (χ0n) is 18.4. The van der Waals surface area contributed by atoms with Gasteiger partial charge < -0.3 is 10.1 Å². The van der Waals surface area contributed by atoms with Crippen molar-refractivity contribution in [1.29, 1.82) is 0 Å². The maximum atomic E-state index is 13.0. The highest BCUT2D eigenvalue weighted by molar-refractivity contribution is 8.00. The number of rotatable bonds is 6. The van der Waals surface area contributed by atoms with Crippen molar-refractivity contribution >= 4 is 17.7 Å². The number of nitrogens with one attached hydrogen (secondary N) is 3. The third-order valence-electron chi connectivity index (χ3n) is 6.90. The molecule has 0 radical (unpaired) electrons. The number of benzene rings is 1. The van der Waals surface area contributed by atoms with Gasteiger partial charge in [-0.1, -0.05) is 38.3 Å².